The fraction of sp³-hybridized carbons (Fsp3) is 0.297. The molecular weight excluding hydrogens is 651 g/mol. The predicted octanol–water partition coefficient (Wildman–Crippen LogP) is 5.28. The summed E-state index contributed by atoms with van der Waals surface area (Å²) in [7, 11) is 0. The van der Waals surface area contributed by atoms with Crippen molar-refractivity contribution in [2.75, 3.05) is 0 Å². The number of halogens is 1. The molecule has 226 valence electrons. The Kier molecular flexibility index (Phi) is 11.4. The van der Waals surface area contributed by atoms with E-state index >= 15 is 0 Å². The molecule has 0 saturated heterocycles. The number of Topliss-reactive ketones (excluding diaryl/α,β-unsaturated/α-hetero) is 1. The van der Waals surface area contributed by atoms with Crippen molar-refractivity contribution in [2.24, 2.45) is 5.41 Å². The molecule has 0 fully saturated rings. The molecule has 4 aromatic rings. The molecule has 0 aromatic heterocycles. The van der Waals surface area contributed by atoms with Crippen LogP contribution in [-0.4, -0.2) is 17.9 Å². The van der Waals surface area contributed by atoms with Crippen molar-refractivity contribution in [1.29, 1.82) is 0 Å². The summed E-state index contributed by atoms with van der Waals surface area (Å²) in [4.78, 5) is 26.1. The fourth-order valence-electron chi connectivity index (χ4n) is 4.82. The molecule has 0 aliphatic rings. The molecule has 0 amide bonds. The number of hydrogen-bond donors (Lipinski definition) is 0. The Morgan fingerprint density at radius 3 is 1.47 bits per heavy atom. The van der Waals surface area contributed by atoms with Gasteiger partial charge in [0.1, 0.15) is 0 Å². The first-order valence-electron chi connectivity index (χ1n) is 14.6. The molecule has 4 aromatic carbocycles. The van der Waals surface area contributed by atoms with E-state index in [0.717, 1.165) is 33.8 Å². The molecule has 4 rings (SSSR count). The van der Waals surface area contributed by atoms with Crippen LogP contribution < -0.4 is 28.2 Å². The van der Waals surface area contributed by atoms with E-state index in [1.165, 1.54) is 0 Å². The summed E-state index contributed by atoms with van der Waals surface area (Å²) < 4.78 is 17.4. The van der Waals surface area contributed by atoms with Crippen molar-refractivity contribution in [3.8, 4) is 11.5 Å². The van der Waals surface area contributed by atoms with Gasteiger partial charge < -0.3 is 0 Å². The van der Waals surface area contributed by atoms with Crippen LogP contribution in [0.1, 0.15) is 68.7 Å². The van der Waals surface area contributed by atoms with Crippen LogP contribution in [0.4, 0.5) is 0 Å². The Hall–Kier alpha value is -3.65. The molecule has 6 heteroatoms. The maximum atomic E-state index is 13.3. The van der Waals surface area contributed by atoms with Gasteiger partial charge in [-0.25, -0.2) is 0 Å². The SMILES string of the molecule is CC(C)OC(=O)C(Cc1ccc(O[I-]Oc2ccc(CC(C(=O)C(C)(C)C)c3ccccc3)cc2)cc1)c1ccccc1. The Morgan fingerprint density at radius 2 is 1.05 bits per heavy atom. The van der Waals surface area contributed by atoms with E-state index in [0.29, 0.717) is 12.8 Å². The third kappa shape index (κ3) is 9.68. The molecular formula is C37H40IO5-. The van der Waals surface area contributed by atoms with Crippen molar-refractivity contribution >= 4 is 11.8 Å². The van der Waals surface area contributed by atoms with Crippen LogP contribution in [0.2, 0.25) is 0 Å². The molecule has 43 heavy (non-hydrogen) atoms. The van der Waals surface area contributed by atoms with Crippen LogP contribution in [0, 0.1) is 5.41 Å². The van der Waals surface area contributed by atoms with E-state index in [-0.39, 0.29) is 29.7 Å². The van der Waals surface area contributed by atoms with E-state index in [4.69, 9.17) is 10.9 Å². The molecule has 0 spiro atoms. The number of hydrogen-bond acceptors (Lipinski definition) is 5. The predicted molar refractivity (Wildman–Crippen MR) is 166 cm³/mol. The third-order valence-corrected chi connectivity index (χ3v) is 8.44. The van der Waals surface area contributed by atoms with Gasteiger partial charge in [0.05, 0.1) is 0 Å². The van der Waals surface area contributed by atoms with Crippen LogP contribution in [0.3, 0.4) is 0 Å². The topological polar surface area (TPSA) is 61.8 Å². The van der Waals surface area contributed by atoms with E-state index < -0.39 is 27.4 Å². The first-order valence-corrected chi connectivity index (χ1v) is 16.4. The molecule has 0 radical (unpaired) electrons. The zero-order valence-electron chi connectivity index (χ0n) is 25.5. The normalized spacial score (nSPS) is 12.9. The van der Waals surface area contributed by atoms with Crippen molar-refractivity contribution in [3.63, 3.8) is 0 Å². The molecule has 2 atom stereocenters. The van der Waals surface area contributed by atoms with E-state index in [1.807, 2.05) is 144 Å². The van der Waals surface area contributed by atoms with Crippen LogP contribution >= 0.6 is 0 Å². The van der Waals surface area contributed by atoms with Gasteiger partial charge in [-0.2, -0.15) is 0 Å². The third-order valence-electron chi connectivity index (χ3n) is 7.06. The van der Waals surface area contributed by atoms with Gasteiger partial charge in [-0.1, -0.05) is 0 Å². The van der Waals surface area contributed by atoms with E-state index in [9.17, 15) is 9.59 Å². The summed E-state index contributed by atoms with van der Waals surface area (Å²) in [6.45, 7) is 9.66. The Balaban J connectivity index is 1.32. The molecule has 0 heterocycles. The van der Waals surface area contributed by atoms with Gasteiger partial charge in [0.2, 0.25) is 0 Å². The minimum absolute atomic E-state index is 0.168. The van der Waals surface area contributed by atoms with Gasteiger partial charge in [0.15, 0.2) is 0 Å². The number of carbonyl (C=O) groups is 2. The molecule has 0 bridgehead atoms. The van der Waals surface area contributed by atoms with Crippen molar-refractivity contribution in [2.45, 2.75) is 65.4 Å². The zero-order valence-corrected chi connectivity index (χ0v) is 27.6. The van der Waals surface area contributed by atoms with E-state index in [1.54, 1.807) is 0 Å². The number of benzene rings is 4. The van der Waals surface area contributed by atoms with Crippen LogP contribution in [0.5, 0.6) is 11.5 Å². The monoisotopic (exact) mass is 691 g/mol. The van der Waals surface area contributed by atoms with Gasteiger partial charge in [-0.3, -0.25) is 0 Å². The van der Waals surface area contributed by atoms with Gasteiger partial charge in [0, 0.05) is 0 Å². The summed E-state index contributed by atoms with van der Waals surface area (Å²) >= 11 is -1.04. The van der Waals surface area contributed by atoms with Gasteiger partial charge in [0.25, 0.3) is 0 Å². The molecule has 0 aliphatic carbocycles. The van der Waals surface area contributed by atoms with Crippen molar-refractivity contribution < 1.29 is 42.5 Å². The maximum absolute atomic E-state index is 13.3. The standard InChI is InChI=1S/C37H40IO5/c1-26(2)41-36(40)34(30-14-10-7-11-15-30)25-28-18-22-32(23-19-28)43-38-42-31-20-16-27(17-21-31)24-33(35(39)37(3,4)5)29-12-8-6-9-13-29/h6-23,26,33-34H,24-25H2,1-5H3/q-1. The second-order valence-corrected chi connectivity index (χ2v) is 13.2. The average Bonchev–Trinajstić information content (AvgIpc) is 3.00. The van der Waals surface area contributed by atoms with Crippen LogP contribution in [0.15, 0.2) is 109 Å². The second kappa shape index (κ2) is 15.2. The minimum atomic E-state index is -1.04. The Labute approximate surface area is 266 Å². The molecule has 5 nitrogen and oxygen atoms in total. The Bertz CT molecular complexity index is 1440. The average molecular weight is 692 g/mol. The van der Waals surface area contributed by atoms with Crippen molar-refractivity contribution in [3.05, 3.63) is 131 Å². The van der Waals surface area contributed by atoms with E-state index in [2.05, 4.69) is 0 Å². The van der Waals surface area contributed by atoms with Crippen LogP contribution in [0.25, 0.3) is 0 Å². The molecule has 0 aliphatic heterocycles. The summed E-state index contributed by atoms with van der Waals surface area (Å²) in [6, 6.07) is 35.4. The number of rotatable bonds is 13. The Morgan fingerprint density at radius 1 is 0.628 bits per heavy atom. The molecule has 0 saturated carbocycles. The number of carbonyl (C=O) groups excluding carboxylic acids is 2. The molecule has 2 unspecified atom stereocenters. The second-order valence-electron chi connectivity index (χ2n) is 11.9. The quantitative estimate of drug-likeness (QED) is 0.141. The first-order chi connectivity index (χ1) is 20.6. The van der Waals surface area contributed by atoms with Crippen LogP contribution in [-0.2, 0) is 27.2 Å². The summed E-state index contributed by atoms with van der Waals surface area (Å²) in [5.74, 6) is 0.902. The summed E-state index contributed by atoms with van der Waals surface area (Å²) in [6.07, 6.45) is 1.01. The number of ketones is 1. The zero-order chi connectivity index (χ0) is 30.8. The van der Waals surface area contributed by atoms with Gasteiger partial charge in [-0.05, 0) is 0 Å². The van der Waals surface area contributed by atoms with Crippen molar-refractivity contribution in [1.82, 2.24) is 0 Å². The fourth-order valence-corrected chi connectivity index (χ4v) is 5.91. The summed E-state index contributed by atoms with van der Waals surface area (Å²) in [5.41, 5.74) is 3.66. The number of esters is 1. The van der Waals surface area contributed by atoms with Gasteiger partial charge in [-0.15, -0.1) is 0 Å². The number of ether oxygens (including phenoxy) is 1. The summed E-state index contributed by atoms with van der Waals surface area (Å²) in [5, 5.41) is 0. The first kappa shape index (κ1) is 32.3. The molecule has 0 N–H and O–H groups in total. The van der Waals surface area contributed by atoms with Gasteiger partial charge >= 0.3 is 268 Å².